The lowest BCUT2D eigenvalue weighted by atomic mass is 10.1. The summed E-state index contributed by atoms with van der Waals surface area (Å²) in [7, 11) is 0. The average Bonchev–Trinajstić information content (AvgIpc) is 3.19. The Kier molecular flexibility index (Phi) is 16.5. The molecule has 0 aromatic carbocycles. The molecular formula is C28H54N3O+. The molecule has 0 fully saturated rings. The van der Waals surface area contributed by atoms with Gasteiger partial charge in [0.15, 0.2) is 12.0 Å². The van der Waals surface area contributed by atoms with Gasteiger partial charge in [-0.3, -0.25) is 9.28 Å². The van der Waals surface area contributed by atoms with Crippen molar-refractivity contribution in [3.8, 4) is 0 Å². The van der Waals surface area contributed by atoms with E-state index < -0.39 is 0 Å². The minimum absolute atomic E-state index is 0.0583. The van der Waals surface area contributed by atoms with Crippen molar-refractivity contribution in [1.29, 1.82) is 0 Å². The highest BCUT2D eigenvalue weighted by Gasteiger charge is 2.41. The van der Waals surface area contributed by atoms with Crippen LogP contribution in [0.3, 0.4) is 0 Å². The van der Waals surface area contributed by atoms with E-state index in [4.69, 9.17) is 4.99 Å². The highest BCUT2D eigenvalue weighted by Crippen LogP contribution is 2.23. The zero-order chi connectivity index (χ0) is 23.5. The van der Waals surface area contributed by atoms with Gasteiger partial charge in [-0.25, -0.2) is 4.99 Å². The number of unbranched alkanes of at least 4 members (excludes halogenated alkanes) is 13. The van der Waals surface area contributed by atoms with Crippen molar-refractivity contribution >= 4 is 11.7 Å². The second kappa shape index (κ2) is 18.3. The molecule has 1 aliphatic rings. The molecule has 0 aliphatic carbocycles. The van der Waals surface area contributed by atoms with Crippen molar-refractivity contribution in [1.82, 2.24) is 5.32 Å². The minimum atomic E-state index is 0.0583. The number of nitrogens with one attached hydrogen (secondary N) is 1. The molecule has 186 valence electrons. The number of nitrogens with zero attached hydrogens (tertiary/aromatic N) is 2. The minimum Gasteiger partial charge on any atom is -0.307 e. The highest BCUT2D eigenvalue weighted by atomic mass is 16.1. The molecule has 0 aromatic rings. The number of allylic oxidation sites excluding steroid dienone is 2. The Morgan fingerprint density at radius 2 is 1.44 bits per heavy atom. The molecule has 0 saturated heterocycles. The van der Waals surface area contributed by atoms with Crippen molar-refractivity contribution in [2.24, 2.45) is 4.99 Å². The molecule has 0 saturated carbocycles. The molecule has 2 unspecified atom stereocenters. The number of likely N-dealkylation sites (N-methyl/N-ethyl adjacent to an activating group) is 1. The molecule has 4 nitrogen and oxygen atoms in total. The lowest BCUT2D eigenvalue weighted by Gasteiger charge is -2.39. The standard InChI is InChI=1S/C28H53N3O/c1-5-7-8-9-10-11-12-13-14-15-16-17-18-19-20-21-22-23-28-29-24-25-31(28,6-2)26(3)30-27(4)32/h13-14,26H,5-12,15-25H2,1-4H3/p+1/b14-13+. The van der Waals surface area contributed by atoms with E-state index in [1.54, 1.807) is 6.92 Å². The second-order valence-corrected chi connectivity index (χ2v) is 9.79. The van der Waals surface area contributed by atoms with E-state index in [0.29, 0.717) is 0 Å². The molecule has 0 radical (unpaired) electrons. The van der Waals surface area contributed by atoms with Crippen LogP contribution in [-0.2, 0) is 4.79 Å². The van der Waals surface area contributed by atoms with Gasteiger partial charge >= 0.3 is 0 Å². The summed E-state index contributed by atoms with van der Waals surface area (Å²) in [6, 6.07) is 0. The van der Waals surface area contributed by atoms with Crippen molar-refractivity contribution in [3.05, 3.63) is 12.2 Å². The van der Waals surface area contributed by atoms with Gasteiger partial charge in [0, 0.05) is 20.3 Å². The van der Waals surface area contributed by atoms with Crippen molar-refractivity contribution in [2.75, 3.05) is 19.6 Å². The van der Waals surface area contributed by atoms with Crippen molar-refractivity contribution in [2.45, 2.75) is 137 Å². The van der Waals surface area contributed by atoms with Gasteiger partial charge in [0.25, 0.3) is 0 Å². The van der Waals surface area contributed by atoms with E-state index in [2.05, 4.69) is 38.2 Å². The average molecular weight is 449 g/mol. The third-order valence-electron chi connectivity index (χ3n) is 7.19. The van der Waals surface area contributed by atoms with Gasteiger partial charge < -0.3 is 5.32 Å². The Labute approximate surface area is 199 Å². The summed E-state index contributed by atoms with van der Waals surface area (Å²) >= 11 is 0. The number of hydrogen-bond donors (Lipinski definition) is 1. The molecule has 0 aromatic heterocycles. The fraction of sp³-hybridized carbons (Fsp3) is 0.857. The summed E-state index contributed by atoms with van der Waals surface area (Å²) in [5, 5.41) is 3.11. The van der Waals surface area contributed by atoms with Gasteiger partial charge in [-0.2, -0.15) is 0 Å². The molecule has 0 spiro atoms. The first kappa shape index (κ1) is 28.9. The Bertz CT molecular complexity index is 543. The van der Waals surface area contributed by atoms with Crippen molar-refractivity contribution < 1.29 is 9.28 Å². The van der Waals surface area contributed by atoms with Gasteiger partial charge in [0.05, 0.1) is 13.1 Å². The Hall–Kier alpha value is -1.16. The summed E-state index contributed by atoms with van der Waals surface area (Å²) in [5.41, 5.74) is 0. The zero-order valence-electron chi connectivity index (χ0n) is 22.0. The number of quaternary nitrogens is 1. The van der Waals surface area contributed by atoms with Crippen LogP contribution in [0, 0.1) is 0 Å². The van der Waals surface area contributed by atoms with Crippen LogP contribution in [0.25, 0.3) is 0 Å². The smallest absolute Gasteiger partial charge is 0.221 e. The summed E-state index contributed by atoms with van der Waals surface area (Å²) in [4.78, 5) is 16.4. The summed E-state index contributed by atoms with van der Waals surface area (Å²) in [6.45, 7) is 11.2. The molecule has 1 amide bonds. The maximum atomic E-state index is 11.5. The van der Waals surface area contributed by atoms with Gasteiger partial charge in [-0.15, -0.1) is 0 Å². The van der Waals surface area contributed by atoms with E-state index in [1.165, 1.54) is 102 Å². The van der Waals surface area contributed by atoms with Crippen LogP contribution in [-0.4, -0.2) is 42.0 Å². The predicted molar refractivity (Wildman–Crippen MR) is 140 cm³/mol. The molecule has 32 heavy (non-hydrogen) atoms. The normalized spacial score (nSPS) is 19.4. The van der Waals surface area contributed by atoms with Gasteiger partial charge in [-0.1, -0.05) is 83.3 Å². The number of aliphatic imine (C=N–C) groups is 1. The van der Waals surface area contributed by atoms with Crippen LogP contribution >= 0.6 is 0 Å². The summed E-state index contributed by atoms with van der Waals surface area (Å²) in [6.07, 6.45) is 26.3. The second-order valence-electron chi connectivity index (χ2n) is 9.79. The van der Waals surface area contributed by atoms with E-state index in [9.17, 15) is 4.79 Å². The highest BCUT2D eigenvalue weighted by molar-refractivity contribution is 5.78. The third kappa shape index (κ3) is 11.6. The number of carbonyl (C=O) groups is 1. The lowest BCUT2D eigenvalue weighted by Crippen LogP contribution is -2.62. The Morgan fingerprint density at radius 1 is 0.906 bits per heavy atom. The van der Waals surface area contributed by atoms with Crippen LogP contribution < -0.4 is 5.32 Å². The molecule has 1 N–H and O–H groups in total. The Morgan fingerprint density at radius 3 is 1.97 bits per heavy atom. The molecule has 1 aliphatic heterocycles. The molecule has 1 heterocycles. The first-order chi connectivity index (χ1) is 15.6. The van der Waals surface area contributed by atoms with E-state index in [0.717, 1.165) is 30.5 Å². The molecule has 0 bridgehead atoms. The topological polar surface area (TPSA) is 41.5 Å². The maximum absolute atomic E-state index is 11.5. The van der Waals surface area contributed by atoms with Gasteiger partial charge in [0.1, 0.15) is 6.54 Å². The first-order valence-electron chi connectivity index (χ1n) is 13.9. The van der Waals surface area contributed by atoms with Crippen molar-refractivity contribution in [3.63, 3.8) is 0 Å². The van der Waals surface area contributed by atoms with Crippen LogP contribution in [0.1, 0.15) is 130 Å². The van der Waals surface area contributed by atoms with Gasteiger partial charge in [-0.05, 0) is 39.0 Å². The first-order valence-corrected chi connectivity index (χ1v) is 13.9. The number of rotatable bonds is 20. The predicted octanol–water partition coefficient (Wildman–Crippen LogP) is 7.54. The third-order valence-corrected chi connectivity index (χ3v) is 7.19. The van der Waals surface area contributed by atoms with Crippen LogP contribution in [0.2, 0.25) is 0 Å². The SMILES string of the molecule is CCCCCCCC/C=C/CCCCCCCCCC1=NCC[N+]1(CC)C(C)NC(C)=O. The van der Waals surface area contributed by atoms with E-state index in [-0.39, 0.29) is 12.1 Å². The van der Waals surface area contributed by atoms with Crippen LogP contribution in [0.4, 0.5) is 0 Å². The van der Waals surface area contributed by atoms with Gasteiger partial charge in [0.2, 0.25) is 5.91 Å². The molecular weight excluding hydrogens is 394 g/mol. The number of amides is 1. The number of carbonyl (C=O) groups excluding carboxylic acids is 1. The Balaban J connectivity index is 2.01. The summed E-state index contributed by atoms with van der Waals surface area (Å²) < 4.78 is 0.853. The summed E-state index contributed by atoms with van der Waals surface area (Å²) in [5.74, 6) is 1.37. The monoisotopic (exact) mass is 448 g/mol. The van der Waals surface area contributed by atoms with Crippen LogP contribution in [0.15, 0.2) is 17.1 Å². The number of hydrogen-bond acceptors (Lipinski definition) is 2. The molecule has 1 rings (SSSR count). The van der Waals surface area contributed by atoms with E-state index >= 15 is 0 Å². The fourth-order valence-corrected chi connectivity index (χ4v) is 5.09. The fourth-order valence-electron chi connectivity index (χ4n) is 5.09. The zero-order valence-corrected chi connectivity index (χ0v) is 22.0. The molecule has 2 atom stereocenters. The maximum Gasteiger partial charge on any atom is 0.221 e. The molecule has 4 heteroatoms. The van der Waals surface area contributed by atoms with E-state index in [1.807, 2.05) is 0 Å². The largest absolute Gasteiger partial charge is 0.307 e. The van der Waals surface area contributed by atoms with Crippen LogP contribution in [0.5, 0.6) is 0 Å². The number of amidine groups is 1. The lowest BCUT2D eigenvalue weighted by molar-refractivity contribution is -0.861. The quantitative estimate of drug-likeness (QED) is 0.117.